The molecule has 2 nitrogen and oxygen atoms in total. The summed E-state index contributed by atoms with van der Waals surface area (Å²) < 4.78 is 0.266. The van der Waals surface area contributed by atoms with Gasteiger partial charge in [-0.15, -0.1) is 0 Å². The summed E-state index contributed by atoms with van der Waals surface area (Å²) in [5, 5.41) is 0. The highest BCUT2D eigenvalue weighted by Crippen LogP contribution is 2.33. The molecule has 92 valence electrons. The summed E-state index contributed by atoms with van der Waals surface area (Å²) in [6.07, 6.45) is 0. The van der Waals surface area contributed by atoms with Crippen LogP contribution in [0.5, 0.6) is 0 Å². The third-order valence-electron chi connectivity index (χ3n) is 3.05. The van der Waals surface area contributed by atoms with Crippen molar-refractivity contribution < 1.29 is 4.79 Å². The molecule has 0 N–H and O–H groups in total. The smallest absolute Gasteiger partial charge is 0.161 e. The van der Waals surface area contributed by atoms with E-state index in [1.165, 1.54) is 0 Å². The maximum atomic E-state index is 11.6. The molecule has 1 aromatic rings. The highest BCUT2D eigenvalue weighted by atomic mass is 32.2. The number of para-hydroxylation sites is 1. The number of Topliss-reactive ketones (excluding diaryl/α,β-unsaturated/α-hetero) is 1. The first kappa shape index (κ1) is 12.5. The van der Waals surface area contributed by atoms with Gasteiger partial charge in [0, 0.05) is 34.8 Å². The molecule has 1 aromatic carbocycles. The van der Waals surface area contributed by atoms with Crippen LogP contribution < -0.4 is 4.90 Å². The second-order valence-electron chi connectivity index (χ2n) is 5.10. The van der Waals surface area contributed by atoms with Gasteiger partial charge in [0.15, 0.2) is 5.78 Å². The summed E-state index contributed by atoms with van der Waals surface area (Å²) in [6, 6.07) is 7.93. The number of anilines is 1. The SMILES string of the molecule is CC(=O)c1ccccc1N1CCSC(C)(C)C1. The van der Waals surface area contributed by atoms with Crippen molar-refractivity contribution in [2.75, 3.05) is 23.7 Å². The lowest BCUT2D eigenvalue weighted by Gasteiger charge is -2.39. The second-order valence-corrected chi connectivity index (χ2v) is 6.91. The first-order valence-corrected chi connectivity index (χ1v) is 6.97. The predicted molar refractivity (Wildman–Crippen MR) is 75.2 cm³/mol. The Kier molecular flexibility index (Phi) is 3.48. The molecular formula is C14H19NOS. The fourth-order valence-corrected chi connectivity index (χ4v) is 3.38. The quantitative estimate of drug-likeness (QED) is 0.751. The Morgan fingerprint density at radius 1 is 1.35 bits per heavy atom. The van der Waals surface area contributed by atoms with Gasteiger partial charge in [-0.05, 0) is 32.9 Å². The lowest BCUT2D eigenvalue weighted by Crippen LogP contribution is -2.43. The Morgan fingerprint density at radius 3 is 2.71 bits per heavy atom. The molecule has 0 aromatic heterocycles. The maximum absolute atomic E-state index is 11.6. The highest BCUT2D eigenvalue weighted by Gasteiger charge is 2.28. The van der Waals surface area contributed by atoms with Crippen LogP contribution in [0, 0.1) is 0 Å². The van der Waals surface area contributed by atoms with Crippen molar-refractivity contribution in [3.8, 4) is 0 Å². The largest absolute Gasteiger partial charge is 0.369 e. The lowest BCUT2D eigenvalue weighted by molar-refractivity contribution is 0.101. The van der Waals surface area contributed by atoms with Crippen LogP contribution in [0.15, 0.2) is 24.3 Å². The molecule has 0 spiro atoms. The molecule has 1 aliphatic heterocycles. The Labute approximate surface area is 107 Å². The maximum Gasteiger partial charge on any atom is 0.161 e. The van der Waals surface area contributed by atoms with Crippen LogP contribution in [0.1, 0.15) is 31.1 Å². The zero-order valence-electron chi connectivity index (χ0n) is 10.7. The van der Waals surface area contributed by atoms with E-state index in [0.29, 0.717) is 0 Å². The van der Waals surface area contributed by atoms with Crippen molar-refractivity contribution in [1.29, 1.82) is 0 Å². The van der Waals surface area contributed by atoms with Crippen molar-refractivity contribution in [1.82, 2.24) is 0 Å². The van der Waals surface area contributed by atoms with Crippen LogP contribution >= 0.6 is 11.8 Å². The predicted octanol–water partition coefficient (Wildman–Crippen LogP) is 3.22. The van der Waals surface area contributed by atoms with Gasteiger partial charge in [-0.3, -0.25) is 4.79 Å². The molecule has 0 unspecified atom stereocenters. The van der Waals surface area contributed by atoms with Gasteiger partial charge in [0.1, 0.15) is 0 Å². The van der Waals surface area contributed by atoms with Crippen LogP contribution in [0.2, 0.25) is 0 Å². The number of ketones is 1. The Bertz CT molecular complexity index is 428. The summed E-state index contributed by atoms with van der Waals surface area (Å²) in [5.41, 5.74) is 1.93. The molecule has 1 fully saturated rings. The third-order valence-corrected chi connectivity index (χ3v) is 4.35. The van der Waals surface area contributed by atoms with E-state index in [0.717, 1.165) is 30.1 Å². The van der Waals surface area contributed by atoms with E-state index in [2.05, 4.69) is 24.8 Å². The molecule has 1 aliphatic rings. The number of hydrogen-bond acceptors (Lipinski definition) is 3. The molecule has 0 bridgehead atoms. The summed E-state index contributed by atoms with van der Waals surface area (Å²) in [5.74, 6) is 1.27. The summed E-state index contributed by atoms with van der Waals surface area (Å²) in [4.78, 5) is 14.0. The highest BCUT2D eigenvalue weighted by molar-refractivity contribution is 8.00. The van der Waals surface area contributed by atoms with Crippen molar-refractivity contribution in [2.24, 2.45) is 0 Å². The molecular weight excluding hydrogens is 230 g/mol. The molecule has 17 heavy (non-hydrogen) atoms. The summed E-state index contributed by atoms with van der Waals surface area (Å²) in [7, 11) is 0. The van der Waals surface area contributed by atoms with E-state index >= 15 is 0 Å². The Hall–Kier alpha value is -0.960. The molecule has 0 atom stereocenters. The fourth-order valence-electron chi connectivity index (χ4n) is 2.27. The average molecular weight is 249 g/mol. The molecule has 0 radical (unpaired) electrons. The van der Waals surface area contributed by atoms with E-state index < -0.39 is 0 Å². The van der Waals surface area contributed by atoms with Gasteiger partial charge >= 0.3 is 0 Å². The van der Waals surface area contributed by atoms with Gasteiger partial charge in [0.25, 0.3) is 0 Å². The number of nitrogens with zero attached hydrogens (tertiary/aromatic N) is 1. The van der Waals surface area contributed by atoms with Crippen LogP contribution in [-0.4, -0.2) is 29.4 Å². The second kappa shape index (κ2) is 4.73. The number of rotatable bonds is 2. The molecule has 2 rings (SSSR count). The topological polar surface area (TPSA) is 20.3 Å². The Balaban J connectivity index is 2.30. The molecule has 1 saturated heterocycles. The molecule has 0 saturated carbocycles. The minimum atomic E-state index is 0.150. The van der Waals surface area contributed by atoms with Crippen molar-refractivity contribution in [2.45, 2.75) is 25.5 Å². The van der Waals surface area contributed by atoms with Crippen molar-refractivity contribution in [3.05, 3.63) is 29.8 Å². The van der Waals surface area contributed by atoms with Gasteiger partial charge < -0.3 is 4.90 Å². The van der Waals surface area contributed by atoms with Gasteiger partial charge in [-0.2, -0.15) is 11.8 Å². The first-order chi connectivity index (χ1) is 7.99. The number of carbonyl (C=O) groups is 1. The minimum Gasteiger partial charge on any atom is -0.369 e. The van der Waals surface area contributed by atoms with Crippen molar-refractivity contribution >= 4 is 23.2 Å². The van der Waals surface area contributed by atoms with E-state index in [9.17, 15) is 4.79 Å². The van der Waals surface area contributed by atoms with Gasteiger partial charge in [0.2, 0.25) is 0 Å². The monoisotopic (exact) mass is 249 g/mol. The van der Waals surface area contributed by atoms with Crippen LogP contribution in [0.4, 0.5) is 5.69 Å². The van der Waals surface area contributed by atoms with Crippen LogP contribution in [0.25, 0.3) is 0 Å². The zero-order chi connectivity index (χ0) is 12.5. The van der Waals surface area contributed by atoms with Gasteiger partial charge in [-0.1, -0.05) is 12.1 Å². The Morgan fingerprint density at radius 2 is 2.06 bits per heavy atom. The summed E-state index contributed by atoms with van der Waals surface area (Å²) >= 11 is 2.01. The molecule has 3 heteroatoms. The van der Waals surface area contributed by atoms with Crippen molar-refractivity contribution in [3.63, 3.8) is 0 Å². The zero-order valence-corrected chi connectivity index (χ0v) is 11.5. The van der Waals surface area contributed by atoms with E-state index in [1.807, 2.05) is 30.0 Å². The van der Waals surface area contributed by atoms with Crippen LogP contribution in [0.3, 0.4) is 0 Å². The number of benzene rings is 1. The molecule has 0 amide bonds. The fraction of sp³-hybridized carbons (Fsp3) is 0.500. The molecule has 0 aliphatic carbocycles. The number of hydrogen-bond donors (Lipinski definition) is 0. The standard InChI is InChI=1S/C14H19NOS/c1-11(16)12-6-4-5-7-13(12)15-8-9-17-14(2,3)10-15/h4-7H,8-10H2,1-3H3. The van der Waals surface area contributed by atoms with E-state index in [-0.39, 0.29) is 10.5 Å². The third kappa shape index (κ3) is 2.83. The first-order valence-electron chi connectivity index (χ1n) is 5.98. The number of carbonyl (C=O) groups excluding carboxylic acids is 1. The van der Waals surface area contributed by atoms with Gasteiger partial charge in [-0.25, -0.2) is 0 Å². The van der Waals surface area contributed by atoms with Crippen LogP contribution in [-0.2, 0) is 0 Å². The molecule has 1 heterocycles. The van der Waals surface area contributed by atoms with Gasteiger partial charge in [0.05, 0.1) is 0 Å². The average Bonchev–Trinajstić information content (AvgIpc) is 2.27. The van der Waals surface area contributed by atoms with E-state index in [1.54, 1.807) is 6.92 Å². The van der Waals surface area contributed by atoms with E-state index in [4.69, 9.17) is 0 Å². The summed E-state index contributed by atoms with van der Waals surface area (Å²) in [6.45, 7) is 8.20. The minimum absolute atomic E-state index is 0.150. The lowest BCUT2D eigenvalue weighted by atomic mass is 10.1. The normalized spacial score (nSPS) is 19.1. The number of thioether (sulfide) groups is 1.